The van der Waals surface area contributed by atoms with E-state index in [9.17, 15) is 4.79 Å². The normalized spacial score (nSPS) is 13.2. The second-order valence-electron chi connectivity index (χ2n) is 6.06. The van der Waals surface area contributed by atoms with Crippen LogP contribution in [0.1, 0.15) is 45.6 Å². The van der Waals surface area contributed by atoms with Crippen LogP contribution in [-0.2, 0) is 9.53 Å². The first-order valence-electron chi connectivity index (χ1n) is 7.13. The van der Waals surface area contributed by atoms with Gasteiger partial charge in [0.25, 0.3) is 0 Å². The van der Waals surface area contributed by atoms with Crippen molar-refractivity contribution in [1.82, 2.24) is 0 Å². The predicted molar refractivity (Wildman–Crippen MR) is 82.8 cm³/mol. The zero-order valence-electron chi connectivity index (χ0n) is 12.6. The van der Waals surface area contributed by atoms with Crippen molar-refractivity contribution in [2.45, 2.75) is 45.6 Å². The summed E-state index contributed by atoms with van der Waals surface area (Å²) in [7, 11) is 0. The first-order chi connectivity index (χ1) is 9.42. The molecule has 0 bridgehead atoms. The molecule has 2 aromatic carbocycles. The number of fused-ring (bicyclic) bond motifs is 1. The lowest BCUT2D eigenvalue weighted by Gasteiger charge is -2.24. The van der Waals surface area contributed by atoms with Crippen LogP contribution in [-0.4, -0.2) is 11.6 Å². The highest BCUT2D eigenvalue weighted by Crippen LogP contribution is 2.30. The van der Waals surface area contributed by atoms with Crippen LogP contribution < -0.4 is 0 Å². The van der Waals surface area contributed by atoms with E-state index in [1.54, 1.807) is 0 Å². The molecule has 0 N–H and O–H groups in total. The zero-order chi connectivity index (χ0) is 14.8. The molecule has 0 saturated heterocycles. The van der Waals surface area contributed by atoms with Crippen LogP contribution in [0.4, 0.5) is 0 Å². The van der Waals surface area contributed by atoms with Crippen LogP contribution >= 0.6 is 0 Å². The molecule has 20 heavy (non-hydrogen) atoms. The van der Waals surface area contributed by atoms with E-state index in [0.717, 1.165) is 22.8 Å². The minimum absolute atomic E-state index is 0.142. The molecule has 0 amide bonds. The van der Waals surface area contributed by atoms with Crippen LogP contribution in [0.25, 0.3) is 10.8 Å². The lowest BCUT2D eigenvalue weighted by Crippen LogP contribution is -2.27. The van der Waals surface area contributed by atoms with Crippen LogP contribution in [0.15, 0.2) is 42.5 Å². The van der Waals surface area contributed by atoms with Gasteiger partial charge in [-0.15, -0.1) is 0 Å². The van der Waals surface area contributed by atoms with E-state index in [0.29, 0.717) is 0 Å². The second kappa shape index (κ2) is 5.66. The van der Waals surface area contributed by atoms with Crippen molar-refractivity contribution in [2.75, 3.05) is 0 Å². The van der Waals surface area contributed by atoms with Gasteiger partial charge in [-0.05, 0) is 43.5 Å². The third kappa shape index (κ3) is 3.19. The van der Waals surface area contributed by atoms with Crippen molar-refractivity contribution in [1.29, 1.82) is 0 Å². The Hall–Kier alpha value is -1.83. The summed E-state index contributed by atoms with van der Waals surface area (Å²) < 4.78 is 5.56. The molecule has 0 heterocycles. The Morgan fingerprint density at radius 1 is 1.10 bits per heavy atom. The van der Waals surface area contributed by atoms with E-state index in [4.69, 9.17) is 4.74 Å². The molecule has 2 aromatic rings. The van der Waals surface area contributed by atoms with Gasteiger partial charge < -0.3 is 4.74 Å². The summed E-state index contributed by atoms with van der Waals surface area (Å²) in [4.78, 5) is 12.4. The Balaban J connectivity index is 2.42. The Labute approximate surface area is 120 Å². The first-order valence-corrected chi connectivity index (χ1v) is 7.13. The van der Waals surface area contributed by atoms with E-state index >= 15 is 0 Å². The number of hydrogen-bond acceptors (Lipinski definition) is 2. The third-order valence-electron chi connectivity index (χ3n) is 3.30. The fraction of sp³-hybridized carbons (Fsp3) is 0.389. The lowest BCUT2D eigenvalue weighted by molar-refractivity contribution is -0.156. The van der Waals surface area contributed by atoms with E-state index in [1.807, 2.05) is 52.0 Å². The number of carbonyl (C=O) groups excluding carboxylic acids is 1. The summed E-state index contributed by atoms with van der Waals surface area (Å²) in [6.45, 7) is 7.73. The van der Waals surface area contributed by atoms with Crippen LogP contribution in [0.5, 0.6) is 0 Å². The summed E-state index contributed by atoms with van der Waals surface area (Å²) in [6.07, 6.45) is 0.739. The second-order valence-corrected chi connectivity index (χ2v) is 6.06. The zero-order valence-corrected chi connectivity index (χ0v) is 12.6. The summed E-state index contributed by atoms with van der Waals surface area (Å²) in [5.41, 5.74) is 0.606. The Morgan fingerprint density at radius 3 is 2.40 bits per heavy atom. The number of benzene rings is 2. The molecule has 2 rings (SSSR count). The highest BCUT2D eigenvalue weighted by Gasteiger charge is 2.26. The molecule has 0 aliphatic rings. The average molecular weight is 270 g/mol. The average Bonchev–Trinajstić information content (AvgIpc) is 2.38. The molecule has 0 saturated carbocycles. The predicted octanol–water partition coefficient (Wildman–Crippen LogP) is 4.68. The molecular weight excluding hydrogens is 248 g/mol. The fourth-order valence-corrected chi connectivity index (χ4v) is 2.44. The topological polar surface area (TPSA) is 26.3 Å². The molecule has 0 aromatic heterocycles. The van der Waals surface area contributed by atoms with Gasteiger partial charge in [0.2, 0.25) is 0 Å². The SMILES string of the molecule is CC[C@@H](C(=O)OC(C)(C)C)c1cccc2ccccc12. The molecule has 0 spiro atoms. The van der Waals surface area contributed by atoms with Crippen molar-refractivity contribution >= 4 is 16.7 Å². The molecule has 0 aliphatic heterocycles. The highest BCUT2D eigenvalue weighted by molar-refractivity contribution is 5.91. The maximum Gasteiger partial charge on any atom is 0.313 e. The van der Waals surface area contributed by atoms with Gasteiger partial charge in [0.05, 0.1) is 5.92 Å². The van der Waals surface area contributed by atoms with Crippen molar-refractivity contribution in [3.63, 3.8) is 0 Å². The van der Waals surface area contributed by atoms with E-state index in [1.165, 1.54) is 0 Å². The molecule has 0 fully saturated rings. The number of rotatable bonds is 3. The molecular formula is C18H22O2. The van der Waals surface area contributed by atoms with E-state index in [-0.39, 0.29) is 11.9 Å². The van der Waals surface area contributed by atoms with Crippen LogP contribution in [0.3, 0.4) is 0 Å². The molecule has 2 heteroatoms. The summed E-state index contributed by atoms with van der Waals surface area (Å²) in [5, 5.41) is 2.29. The number of hydrogen-bond donors (Lipinski definition) is 0. The lowest BCUT2D eigenvalue weighted by atomic mass is 9.91. The maximum absolute atomic E-state index is 12.4. The summed E-state index contributed by atoms with van der Waals surface area (Å²) >= 11 is 0. The first kappa shape index (κ1) is 14.6. The Morgan fingerprint density at radius 2 is 1.75 bits per heavy atom. The molecule has 0 unspecified atom stereocenters. The van der Waals surface area contributed by atoms with Crippen molar-refractivity contribution in [3.8, 4) is 0 Å². The van der Waals surface area contributed by atoms with Gasteiger partial charge in [-0.1, -0.05) is 49.4 Å². The molecule has 106 valence electrons. The Kier molecular flexibility index (Phi) is 4.12. The smallest absolute Gasteiger partial charge is 0.313 e. The molecule has 1 atom stereocenters. The number of esters is 1. The minimum Gasteiger partial charge on any atom is -0.459 e. The standard InChI is InChI=1S/C18H22O2/c1-5-14(17(19)20-18(2,3)4)16-12-8-10-13-9-6-7-11-15(13)16/h6-12,14H,5H2,1-4H3/t14-/m1/s1. The van der Waals surface area contributed by atoms with Crippen molar-refractivity contribution in [2.24, 2.45) is 0 Å². The van der Waals surface area contributed by atoms with Gasteiger partial charge in [0.15, 0.2) is 0 Å². The van der Waals surface area contributed by atoms with E-state index in [2.05, 4.69) is 18.2 Å². The fourth-order valence-electron chi connectivity index (χ4n) is 2.44. The largest absolute Gasteiger partial charge is 0.459 e. The van der Waals surface area contributed by atoms with E-state index < -0.39 is 5.60 Å². The van der Waals surface area contributed by atoms with Gasteiger partial charge in [-0.25, -0.2) is 0 Å². The van der Waals surface area contributed by atoms with Crippen LogP contribution in [0, 0.1) is 0 Å². The van der Waals surface area contributed by atoms with Gasteiger partial charge in [-0.2, -0.15) is 0 Å². The van der Waals surface area contributed by atoms with Gasteiger partial charge >= 0.3 is 5.97 Å². The molecule has 2 nitrogen and oxygen atoms in total. The van der Waals surface area contributed by atoms with Crippen molar-refractivity contribution in [3.05, 3.63) is 48.0 Å². The number of ether oxygens (including phenoxy) is 1. The summed E-state index contributed by atoms with van der Waals surface area (Å²) in [6, 6.07) is 14.3. The minimum atomic E-state index is -0.449. The summed E-state index contributed by atoms with van der Waals surface area (Å²) in [5.74, 6) is -0.350. The highest BCUT2D eigenvalue weighted by atomic mass is 16.6. The quantitative estimate of drug-likeness (QED) is 0.757. The van der Waals surface area contributed by atoms with Crippen molar-refractivity contribution < 1.29 is 9.53 Å². The third-order valence-corrected chi connectivity index (χ3v) is 3.30. The van der Waals surface area contributed by atoms with Gasteiger partial charge in [0, 0.05) is 0 Å². The van der Waals surface area contributed by atoms with Gasteiger partial charge in [-0.3, -0.25) is 4.79 Å². The molecule has 0 radical (unpaired) electrons. The maximum atomic E-state index is 12.4. The van der Waals surface area contributed by atoms with Crippen LogP contribution in [0.2, 0.25) is 0 Å². The monoisotopic (exact) mass is 270 g/mol. The molecule has 0 aliphatic carbocycles. The number of carbonyl (C=O) groups is 1. The Bertz CT molecular complexity index is 603. The van der Waals surface area contributed by atoms with Gasteiger partial charge in [0.1, 0.15) is 5.60 Å².